The van der Waals surface area contributed by atoms with E-state index in [1.807, 2.05) is 6.07 Å². The number of halogens is 1. The van der Waals surface area contributed by atoms with Crippen LogP contribution in [0.25, 0.3) is 0 Å². The van der Waals surface area contributed by atoms with Gasteiger partial charge in [0.2, 0.25) is 0 Å². The summed E-state index contributed by atoms with van der Waals surface area (Å²) in [6, 6.07) is 10.1. The van der Waals surface area contributed by atoms with Gasteiger partial charge in [0, 0.05) is 0 Å². The lowest BCUT2D eigenvalue weighted by Gasteiger charge is -2.16. The van der Waals surface area contributed by atoms with Gasteiger partial charge in [-0.3, -0.25) is 4.72 Å². The van der Waals surface area contributed by atoms with Gasteiger partial charge in [0.25, 0.3) is 10.0 Å². The average Bonchev–Trinajstić information content (AvgIpc) is 2.46. The minimum Gasteiger partial charge on any atom is -0.263 e. The molecule has 0 atom stereocenters. The van der Waals surface area contributed by atoms with Gasteiger partial charge >= 0.3 is 0 Å². The maximum absolute atomic E-state index is 12.4. The normalized spacial score (nSPS) is 14.5. The van der Waals surface area contributed by atoms with E-state index in [-0.39, 0.29) is 15.9 Å². The van der Waals surface area contributed by atoms with Crippen molar-refractivity contribution >= 4 is 27.4 Å². The number of aryl methyl sites for hydroxylation is 2. The predicted octanol–water partition coefficient (Wildman–Crippen LogP) is 3.41. The van der Waals surface area contributed by atoms with E-state index in [2.05, 4.69) is 9.71 Å². The van der Waals surface area contributed by atoms with E-state index in [9.17, 15) is 8.42 Å². The first-order valence-electron chi connectivity index (χ1n) is 6.82. The Morgan fingerprint density at radius 3 is 2.57 bits per heavy atom. The fraction of sp³-hybridized carbons (Fsp3) is 0.267. The second-order valence-corrected chi connectivity index (χ2v) is 7.16. The van der Waals surface area contributed by atoms with E-state index in [0.29, 0.717) is 0 Å². The zero-order valence-electron chi connectivity index (χ0n) is 11.3. The third kappa shape index (κ3) is 3.19. The molecule has 0 fully saturated rings. The average molecular weight is 323 g/mol. The van der Waals surface area contributed by atoms with Crippen molar-refractivity contribution in [2.75, 3.05) is 4.72 Å². The molecular formula is C15H15ClN2O2S. The number of pyridine rings is 1. The van der Waals surface area contributed by atoms with Crippen molar-refractivity contribution in [3.63, 3.8) is 0 Å². The van der Waals surface area contributed by atoms with Crippen LogP contribution in [0.3, 0.4) is 0 Å². The highest BCUT2D eigenvalue weighted by atomic mass is 35.5. The zero-order valence-corrected chi connectivity index (χ0v) is 12.9. The molecule has 0 bridgehead atoms. The molecule has 3 rings (SSSR count). The summed E-state index contributed by atoms with van der Waals surface area (Å²) in [4.78, 5) is 4.21. The smallest absolute Gasteiger partial charge is 0.263 e. The van der Waals surface area contributed by atoms with E-state index in [0.717, 1.165) is 24.8 Å². The van der Waals surface area contributed by atoms with Crippen LogP contribution >= 0.6 is 11.6 Å². The molecule has 0 radical (unpaired) electrons. The minimum atomic E-state index is -3.63. The second kappa shape index (κ2) is 5.66. The van der Waals surface area contributed by atoms with Crippen LogP contribution in [0.4, 0.5) is 5.82 Å². The van der Waals surface area contributed by atoms with E-state index in [1.54, 1.807) is 30.3 Å². The second-order valence-electron chi connectivity index (χ2n) is 5.09. The van der Waals surface area contributed by atoms with Gasteiger partial charge in [-0.05, 0) is 61.1 Å². The van der Waals surface area contributed by atoms with Crippen LogP contribution < -0.4 is 4.72 Å². The number of sulfonamides is 1. The summed E-state index contributed by atoms with van der Waals surface area (Å²) in [5.74, 6) is 0.222. The van der Waals surface area contributed by atoms with Gasteiger partial charge in [0.1, 0.15) is 11.0 Å². The first kappa shape index (κ1) is 14.4. The largest absolute Gasteiger partial charge is 0.263 e. The summed E-state index contributed by atoms with van der Waals surface area (Å²) >= 11 is 5.77. The summed E-state index contributed by atoms with van der Waals surface area (Å²) in [5.41, 5.74) is 2.38. The summed E-state index contributed by atoms with van der Waals surface area (Å²) in [6.07, 6.45) is 4.25. The molecule has 110 valence electrons. The first-order valence-corrected chi connectivity index (χ1v) is 8.68. The molecule has 0 spiro atoms. The molecule has 1 aromatic heterocycles. The standard InChI is InChI=1S/C15H15ClN2O2S/c16-14-6-3-7-15(17-14)18-21(19,20)13-9-8-11-4-1-2-5-12(11)10-13/h3,6-10H,1-2,4-5H2,(H,17,18). The highest BCUT2D eigenvalue weighted by molar-refractivity contribution is 7.92. The molecular weight excluding hydrogens is 308 g/mol. The van der Waals surface area contributed by atoms with Crippen LogP contribution in [0.1, 0.15) is 24.0 Å². The topological polar surface area (TPSA) is 59.1 Å². The Kier molecular flexibility index (Phi) is 3.87. The van der Waals surface area contributed by atoms with E-state index in [1.165, 1.54) is 12.0 Å². The number of hydrogen-bond acceptors (Lipinski definition) is 3. The third-order valence-corrected chi connectivity index (χ3v) is 5.15. The monoisotopic (exact) mass is 322 g/mol. The lowest BCUT2D eigenvalue weighted by Crippen LogP contribution is -2.15. The molecule has 2 aromatic rings. The van der Waals surface area contributed by atoms with Crippen LogP contribution in [0.5, 0.6) is 0 Å². The first-order chi connectivity index (χ1) is 10.0. The number of aromatic nitrogens is 1. The Labute approximate surface area is 129 Å². The highest BCUT2D eigenvalue weighted by Gasteiger charge is 2.18. The number of hydrogen-bond donors (Lipinski definition) is 1. The van der Waals surface area contributed by atoms with E-state index < -0.39 is 10.0 Å². The fourth-order valence-corrected chi connectivity index (χ4v) is 3.75. The van der Waals surface area contributed by atoms with Crippen molar-refractivity contribution in [2.24, 2.45) is 0 Å². The quantitative estimate of drug-likeness (QED) is 0.881. The van der Waals surface area contributed by atoms with E-state index in [4.69, 9.17) is 11.6 Å². The van der Waals surface area contributed by atoms with Gasteiger partial charge in [-0.25, -0.2) is 13.4 Å². The molecule has 0 aliphatic heterocycles. The number of fused-ring (bicyclic) bond motifs is 1. The van der Waals surface area contributed by atoms with Gasteiger partial charge in [-0.1, -0.05) is 23.7 Å². The maximum atomic E-state index is 12.4. The molecule has 0 amide bonds. The van der Waals surface area contributed by atoms with Gasteiger partial charge < -0.3 is 0 Å². The number of nitrogens with zero attached hydrogens (tertiary/aromatic N) is 1. The minimum absolute atomic E-state index is 0.222. The van der Waals surface area contributed by atoms with Gasteiger partial charge in [0.05, 0.1) is 4.90 Å². The van der Waals surface area contributed by atoms with E-state index >= 15 is 0 Å². The van der Waals surface area contributed by atoms with Gasteiger partial charge in [-0.2, -0.15) is 0 Å². The van der Waals surface area contributed by atoms with Crippen molar-refractivity contribution in [2.45, 2.75) is 30.6 Å². The van der Waals surface area contributed by atoms with Crippen molar-refractivity contribution in [1.29, 1.82) is 0 Å². The summed E-state index contributed by atoms with van der Waals surface area (Å²) in [5, 5.41) is 0.251. The van der Waals surface area contributed by atoms with Gasteiger partial charge in [0.15, 0.2) is 0 Å². The van der Waals surface area contributed by atoms with Crippen LogP contribution in [-0.2, 0) is 22.9 Å². The maximum Gasteiger partial charge on any atom is 0.263 e. The summed E-state index contributed by atoms with van der Waals surface area (Å²) in [6.45, 7) is 0. The van der Waals surface area contributed by atoms with Crippen LogP contribution in [0, 0.1) is 0 Å². The Morgan fingerprint density at radius 1 is 1.05 bits per heavy atom. The number of benzene rings is 1. The molecule has 1 aliphatic rings. The molecule has 0 saturated heterocycles. The Balaban J connectivity index is 1.91. The predicted molar refractivity (Wildman–Crippen MR) is 83.1 cm³/mol. The van der Waals surface area contributed by atoms with Crippen molar-refractivity contribution < 1.29 is 8.42 Å². The highest BCUT2D eigenvalue weighted by Crippen LogP contribution is 2.25. The lowest BCUT2D eigenvalue weighted by molar-refractivity contribution is 0.600. The summed E-state index contributed by atoms with van der Waals surface area (Å²) in [7, 11) is -3.63. The molecule has 1 aliphatic carbocycles. The van der Waals surface area contributed by atoms with Crippen LogP contribution in [-0.4, -0.2) is 13.4 Å². The molecule has 21 heavy (non-hydrogen) atoms. The zero-order chi connectivity index (χ0) is 14.9. The number of rotatable bonds is 3. The van der Waals surface area contributed by atoms with Crippen LogP contribution in [0.15, 0.2) is 41.3 Å². The SMILES string of the molecule is O=S(=O)(Nc1cccc(Cl)n1)c1ccc2c(c1)CCCC2. The van der Waals surface area contributed by atoms with Crippen LogP contribution in [0.2, 0.25) is 5.15 Å². The lowest BCUT2D eigenvalue weighted by atomic mass is 9.92. The van der Waals surface area contributed by atoms with Crippen molar-refractivity contribution in [1.82, 2.24) is 4.98 Å². The molecule has 4 nitrogen and oxygen atoms in total. The molecule has 1 aromatic carbocycles. The molecule has 1 N–H and O–H groups in total. The third-order valence-electron chi connectivity index (χ3n) is 3.58. The Hall–Kier alpha value is -1.59. The molecule has 0 unspecified atom stereocenters. The van der Waals surface area contributed by atoms with Crippen molar-refractivity contribution in [3.8, 4) is 0 Å². The fourth-order valence-electron chi connectivity index (χ4n) is 2.54. The molecule has 0 saturated carbocycles. The Morgan fingerprint density at radius 2 is 1.81 bits per heavy atom. The number of nitrogens with one attached hydrogen (secondary N) is 1. The number of anilines is 1. The Bertz CT molecular complexity index is 775. The summed E-state index contributed by atoms with van der Waals surface area (Å²) < 4.78 is 27.3. The van der Waals surface area contributed by atoms with Gasteiger partial charge in [-0.15, -0.1) is 0 Å². The van der Waals surface area contributed by atoms with Crippen molar-refractivity contribution in [3.05, 3.63) is 52.7 Å². The molecule has 6 heteroatoms. The molecule has 1 heterocycles.